The number of nitrogens with zero attached hydrogens (tertiary/aromatic N) is 3. The molecule has 0 aliphatic carbocycles. The highest BCUT2D eigenvalue weighted by molar-refractivity contribution is 6.12. The highest BCUT2D eigenvalue weighted by atomic mass is 16.3. The van der Waals surface area contributed by atoms with E-state index in [1.165, 1.54) is 0 Å². The molecule has 0 amide bonds. The van der Waals surface area contributed by atoms with Crippen molar-refractivity contribution in [3.8, 4) is 56.4 Å². The first kappa shape index (κ1) is 22.7. The van der Waals surface area contributed by atoms with Gasteiger partial charge in [-0.15, -0.1) is 0 Å². The average molecular weight is 648 g/mol. The topological polar surface area (TPSA) is 65.0 Å². The molecule has 5 nitrogen and oxygen atoms in total. The van der Waals surface area contributed by atoms with Crippen LogP contribution in [0, 0.1) is 0 Å². The summed E-state index contributed by atoms with van der Waals surface area (Å²) < 4.78 is 67.4. The predicted molar refractivity (Wildman–Crippen MR) is 202 cm³/mol. The van der Waals surface area contributed by atoms with Crippen LogP contribution in [0.15, 0.2) is 172 Å². The van der Waals surface area contributed by atoms with Gasteiger partial charge in [0.2, 0.25) is 0 Å². The molecule has 0 atom stereocenters. The van der Waals surface area contributed by atoms with Gasteiger partial charge in [-0.2, -0.15) is 0 Å². The lowest BCUT2D eigenvalue weighted by atomic mass is 10.0. The summed E-state index contributed by atoms with van der Waals surface area (Å²) in [5.74, 6) is 0.542. The SMILES string of the molecule is [2H]c1c(-c2ccccc2)c([2H])c2c(oc3c([2H])c(-c4nc(-c5cccc(-c6ccccc6)c5)nc(-c5cccc6oc7ccccc7c56)n4)c([2H])c([2H])c32)c1[2H]. The van der Waals surface area contributed by atoms with E-state index in [1.807, 2.05) is 103 Å². The van der Waals surface area contributed by atoms with Gasteiger partial charge >= 0.3 is 0 Å². The monoisotopic (exact) mass is 647 g/mol. The van der Waals surface area contributed by atoms with Crippen molar-refractivity contribution in [1.82, 2.24) is 15.0 Å². The van der Waals surface area contributed by atoms with Gasteiger partial charge in [0.05, 0.1) is 8.22 Å². The summed E-state index contributed by atoms with van der Waals surface area (Å²) in [5, 5.41) is 1.82. The molecule has 0 spiro atoms. The van der Waals surface area contributed by atoms with E-state index in [-0.39, 0.29) is 86.8 Å². The Balaban J connectivity index is 1.26. The first-order valence-electron chi connectivity index (χ1n) is 19.1. The fourth-order valence-corrected chi connectivity index (χ4v) is 6.42. The Morgan fingerprint density at radius 1 is 0.380 bits per heavy atom. The average Bonchev–Trinajstić information content (AvgIpc) is 3.83. The van der Waals surface area contributed by atoms with Crippen LogP contribution in [0.25, 0.3) is 100 Å². The highest BCUT2D eigenvalue weighted by Gasteiger charge is 2.19. The zero-order valence-corrected chi connectivity index (χ0v) is 26.3. The first-order chi connectivity index (χ1) is 27.3. The lowest BCUT2D eigenvalue weighted by molar-refractivity contribution is 0.668. The first-order valence-corrected chi connectivity index (χ1v) is 16.1. The van der Waals surface area contributed by atoms with Crippen molar-refractivity contribution in [3.63, 3.8) is 0 Å². The number of para-hydroxylation sites is 1. The molecule has 0 unspecified atom stereocenters. The second-order valence-electron chi connectivity index (χ2n) is 11.9. The van der Waals surface area contributed by atoms with Crippen molar-refractivity contribution in [3.05, 3.63) is 164 Å². The Morgan fingerprint density at radius 3 is 1.84 bits per heavy atom. The van der Waals surface area contributed by atoms with E-state index in [9.17, 15) is 5.48 Å². The van der Waals surface area contributed by atoms with Crippen molar-refractivity contribution in [2.24, 2.45) is 0 Å². The summed E-state index contributed by atoms with van der Waals surface area (Å²) in [4.78, 5) is 14.8. The Hall–Kier alpha value is -6.85. The zero-order chi connectivity index (χ0) is 38.2. The van der Waals surface area contributed by atoms with E-state index in [4.69, 9.17) is 26.5 Å². The minimum Gasteiger partial charge on any atom is -0.456 e. The van der Waals surface area contributed by atoms with Gasteiger partial charge in [-0.3, -0.25) is 0 Å². The molecule has 10 aromatic rings. The maximum Gasteiger partial charge on any atom is 0.164 e. The van der Waals surface area contributed by atoms with Gasteiger partial charge in [0.25, 0.3) is 0 Å². The van der Waals surface area contributed by atoms with Crippen LogP contribution in [0.4, 0.5) is 0 Å². The van der Waals surface area contributed by atoms with Gasteiger partial charge < -0.3 is 8.83 Å². The van der Waals surface area contributed by atoms with Gasteiger partial charge in [-0.05, 0) is 64.6 Å². The number of hydrogen-bond acceptors (Lipinski definition) is 5. The minimum atomic E-state index is -0.347. The Labute approximate surface area is 295 Å². The third-order valence-electron chi connectivity index (χ3n) is 8.80. The quantitative estimate of drug-likeness (QED) is 0.186. The summed E-state index contributed by atoms with van der Waals surface area (Å²) in [5.41, 5.74) is 5.11. The number of rotatable bonds is 5. The smallest absolute Gasteiger partial charge is 0.164 e. The number of fused-ring (bicyclic) bond motifs is 6. The number of aromatic nitrogens is 3. The van der Waals surface area contributed by atoms with Crippen LogP contribution in [0.3, 0.4) is 0 Å². The molecule has 3 aromatic heterocycles. The molecule has 0 fully saturated rings. The van der Waals surface area contributed by atoms with E-state index in [0.29, 0.717) is 27.9 Å². The third-order valence-corrected chi connectivity index (χ3v) is 8.80. The third kappa shape index (κ3) is 4.75. The van der Waals surface area contributed by atoms with E-state index >= 15 is 0 Å². The Morgan fingerprint density at radius 2 is 1.00 bits per heavy atom. The molecule has 0 aliphatic rings. The van der Waals surface area contributed by atoms with Gasteiger partial charge in [-0.25, -0.2) is 15.0 Å². The highest BCUT2D eigenvalue weighted by Crippen LogP contribution is 2.38. The van der Waals surface area contributed by atoms with Gasteiger partial charge in [0, 0.05) is 38.2 Å². The zero-order valence-electron chi connectivity index (χ0n) is 32.3. The lowest BCUT2D eigenvalue weighted by Gasteiger charge is -2.10. The summed E-state index contributed by atoms with van der Waals surface area (Å²) in [6.45, 7) is 0. The lowest BCUT2D eigenvalue weighted by Crippen LogP contribution is -2.00. The molecule has 3 heterocycles. The fourth-order valence-electron chi connectivity index (χ4n) is 6.42. The maximum atomic E-state index is 9.49. The van der Waals surface area contributed by atoms with Crippen LogP contribution in [-0.2, 0) is 0 Å². The molecule has 0 aliphatic heterocycles. The van der Waals surface area contributed by atoms with Crippen LogP contribution in [0.2, 0.25) is 0 Å². The van der Waals surface area contributed by atoms with E-state index in [1.54, 1.807) is 24.3 Å². The Kier molecular flexibility index (Phi) is 5.17. The summed E-state index contributed by atoms with van der Waals surface area (Å²) in [6, 6.07) is 38.4. The van der Waals surface area contributed by atoms with Gasteiger partial charge in [-0.1, -0.05) is 121 Å². The number of benzene rings is 7. The van der Waals surface area contributed by atoms with Crippen LogP contribution in [-0.4, -0.2) is 15.0 Å². The van der Waals surface area contributed by atoms with Crippen LogP contribution < -0.4 is 0 Å². The van der Waals surface area contributed by atoms with Crippen molar-refractivity contribution >= 4 is 43.9 Å². The summed E-state index contributed by atoms with van der Waals surface area (Å²) in [6.07, 6.45) is 0. The van der Waals surface area contributed by atoms with Crippen molar-refractivity contribution in [2.75, 3.05) is 0 Å². The van der Waals surface area contributed by atoms with Crippen molar-refractivity contribution in [2.45, 2.75) is 0 Å². The standard InChI is InChI=1S/C45H27N3O2/c1-3-11-28(12-4-1)30-15-9-16-32(25-30)43-46-44(48-45(47-43)36-18-10-20-40-42(36)35-17-7-8-19-38(35)49-40)33-21-23-34-37-26-31(29-13-5-2-6-14-29)22-24-39(37)50-41(34)27-33/h1-27H/i21D,22D,23D,24D,26D,27D. The summed E-state index contributed by atoms with van der Waals surface area (Å²) in [7, 11) is 0. The molecular formula is C45H27N3O2. The molecule has 0 saturated heterocycles. The molecule has 50 heavy (non-hydrogen) atoms. The minimum absolute atomic E-state index is 0.0193. The van der Waals surface area contributed by atoms with Gasteiger partial charge in [0.15, 0.2) is 17.5 Å². The Bertz CT molecular complexity index is 3220. The van der Waals surface area contributed by atoms with Crippen molar-refractivity contribution in [1.29, 1.82) is 0 Å². The molecule has 234 valence electrons. The molecule has 10 rings (SSSR count). The van der Waals surface area contributed by atoms with Crippen LogP contribution in [0.5, 0.6) is 0 Å². The number of hydrogen-bond donors (Lipinski definition) is 0. The van der Waals surface area contributed by atoms with E-state index < -0.39 is 0 Å². The van der Waals surface area contributed by atoms with Crippen LogP contribution in [0.1, 0.15) is 8.22 Å². The second-order valence-corrected chi connectivity index (χ2v) is 11.9. The molecule has 0 N–H and O–H groups in total. The molecule has 5 heteroatoms. The van der Waals surface area contributed by atoms with Crippen molar-refractivity contribution < 1.29 is 17.1 Å². The second kappa shape index (κ2) is 11.4. The normalized spacial score (nSPS) is 13.3. The van der Waals surface area contributed by atoms with Gasteiger partial charge in [0.1, 0.15) is 22.3 Å². The molecule has 0 saturated carbocycles. The number of furan rings is 2. The molecular weight excluding hydrogens is 615 g/mol. The maximum absolute atomic E-state index is 9.49. The van der Waals surface area contributed by atoms with Crippen LogP contribution >= 0.6 is 0 Å². The molecule has 0 bridgehead atoms. The molecule has 0 radical (unpaired) electrons. The van der Waals surface area contributed by atoms with E-state index in [2.05, 4.69) is 0 Å². The summed E-state index contributed by atoms with van der Waals surface area (Å²) >= 11 is 0. The predicted octanol–water partition coefficient (Wildman–Crippen LogP) is 12.0. The molecule has 7 aromatic carbocycles. The fraction of sp³-hybridized carbons (Fsp3) is 0. The van der Waals surface area contributed by atoms with E-state index in [0.717, 1.165) is 21.9 Å². The largest absolute Gasteiger partial charge is 0.456 e.